The van der Waals surface area contributed by atoms with E-state index in [1.165, 1.54) is 12.7 Å². The number of hydrogen-bond acceptors (Lipinski definition) is 4. The van der Waals surface area contributed by atoms with Gasteiger partial charge in [0.15, 0.2) is 0 Å². The zero-order chi connectivity index (χ0) is 14.5. The van der Waals surface area contributed by atoms with Crippen molar-refractivity contribution < 1.29 is 9.53 Å². The van der Waals surface area contributed by atoms with Gasteiger partial charge in [-0.05, 0) is 23.5 Å². The number of nitrogens with zero attached hydrogens (tertiary/aromatic N) is 1. The van der Waals surface area contributed by atoms with Crippen LogP contribution in [0.2, 0.25) is 0 Å². The Bertz CT molecular complexity index is 452. The number of benzene rings is 1. The van der Waals surface area contributed by atoms with Gasteiger partial charge in [-0.25, -0.2) is 0 Å². The minimum Gasteiger partial charge on any atom is -0.469 e. The topological polar surface area (TPSA) is 55.6 Å². The quantitative estimate of drug-likeness (QED) is 0.848. The number of rotatable bonds is 4. The Hall–Kier alpha value is -1.39. The summed E-state index contributed by atoms with van der Waals surface area (Å²) in [4.78, 5) is 13.9. The highest BCUT2D eigenvalue weighted by molar-refractivity contribution is 5.72. The van der Waals surface area contributed by atoms with E-state index in [4.69, 9.17) is 10.5 Å². The maximum atomic E-state index is 11.5. The average Bonchev–Trinajstić information content (AvgIpc) is 2.39. The van der Waals surface area contributed by atoms with Crippen molar-refractivity contribution in [3.63, 3.8) is 0 Å². The van der Waals surface area contributed by atoms with Crippen molar-refractivity contribution in [1.82, 2.24) is 4.90 Å². The highest BCUT2D eigenvalue weighted by Gasteiger charge is 2.22. The second-order valence-corrected chi connectivity index (χ2v) is 5.82. The Kier molecular flexibility index (Phi) is 5.15. The van der Waals surface area contributed by atoms with E-state index in [2.05, 4.69) is 17.9 Å². The summed E-state index contributed by atoms with van der Waals surface area (Å²) < 4.78 is 4.76. The first-order chi connectivity index (χ1) is 9.58. The van der Waals surface area contributed by atoms with E-state index in [0.29, 0.717) is 12.3 Å². The summed E-state index contributed by atoms with van der Waals surface area (Å²) in [5.41, 5.74) is 8.33. The van der Waals surface area contributed by atoms with Crippen molar-refractivity contribution in [2.24, 2.45) is 11.7 Å². The van der Waals surface area contributed by atoms with E-state index in [-0.39, 0.29) is 12.0 Å². The molecule has 0 spiro atoms. The monoisotopic (exact) mass is 276 g/mol. The van der Waals surface area contributed by atoms with Crippen molar-refractivity contribution in [3.8, 4) is 0 Å². The summed E-state index contributed by atoms with van der Waals surface area (Å²) in [7, 11) is 1.43. The first-order valence-electron chi connectivity index (χ1n) is 7.20. The molecule has 1 aromatic carbocycles. The largest absolute Gasteiger partial charge is 0.469 e. The molecule has 4 nitrogen and oxygen atoms in total. The zero-order valence-corrected chi connectivity index (χ0v) is 12.3. The molecule has 2 unspecified atom stereocenters. The molecule has 1 heterocycles. The SMILES string of the molecule is COC(=O)Cc1ccccc1CN1CC(C)CC(N)C1. The maximum Gasteiger partial charge on any atom is 0.309 e. The molecule has 1 aliphatic rings. The molecular weight excluding hydrogens is 252 g/mol. The number of ether oxygens (including phenoxy) is 1. The standard InChI is InChI=1S/C16H24N2O2/c1-12-7-15(17)11-18(9-12)10-14-6-4-3-5-13(14)8-16(19)20-2/h3-6,12,15H,7-11,17H2,1-2H3. The van der Waals surface area contributed by atoms with Crippen LogP contribution in [0.15, 0.2) is 24.3 Å². The van der Waals surface area contributed by atoms with Crippen molar-refractivity contribution >= 4 is 5.97 Å². The Balaban J connectivity index is 2.06. The molecule has 1 saturated heterocycles. The number of nitrogens with two attached hydrogens (primary N) is 1. The van der Waals surface area contributed by atoms with Gasteiger partial charge in [0.05, 0.1) is 13.5 Å². The molecule has 0 bridgehead atoms. The number of hydrogen-bond donors (Lipinski definition) is 1. The molecule has 0 radical (unpaired) electrons. The third-order valence-corrected chi connectivity index (χ3v) is 3.84. The van der Waals surface area contributed by atoms with Crippen LogP contribution in [0.25, 0.3) is 0 Å². The molecule has 1 fully saturated rings. The number of likely N-dealkylation sites (tertiary alicyclic amines) is 1. The Labute approximate surface area is 120 Å². The van der Waals surface area contributed by atoms with Gasteiger partial charge in [-0.2, -0.15) is 0 Å². The molecule has 0 saturated carbocycles. The van der Waals surface area contributed by atoms with Gasteiger partial charge in [0, 0.05) is 25.7 Å². The molecule has 1 aromatic rings. The molecule has 20 heavy (non-hydrogen) atoms. The number of piperidine rings is 1. The van der Waals surface area contributed by atoms with E-state index < -0.39 is 0 Å². The lowest BCUT2D eigenvalue weighted by Gasteiger charge is -2.35. The van der Waals surface area contributed by atoms with Crippen LogP contribution in [0.3, 0.4) is 0 Å². The van der Waals surface area contributed by atoms with Gasteiger partial charge in [0.25, 0.3) is 0 Å². The summed E-state index contributed by atoms with van der Waals surface area (Å²) >= 11 is 0. The summed E-state index contributed by atoms with van der Waals surface area (Å²) in [6, 6.07) is 8.32. The zero-order valence-electron chi connectivity index (χ0n) is 12.3. The third kappa shape index (κ3) is 4.05. The lowest BCUT2D eigenvalue weighted by molar-refractivity contribution is -0.139. The van der Waals surface area contributed by atoms with Gasteiger partial charge in [-0.3, -0.25) is 9.69 Å². The molecule has 4 heteroatoms. The first kappa shape index (κ1) is 15.0. The van der Waals surface area contributed by atoms with Crippen molar-refractivity contribution in [1.29, 1.82) is 0 Å². The van der Waals surface area contributed by atoms with Crippen LogP contribution in [0.5, 0.6) is 0 Å². The normalized spacial score (nSPS) is 23.6. The second-order valence-electron chi connectivity index (χ2n) is 5.82. The molecule has 2 rings (SSSR count). The van der Waals surface area contributed by atoms with Crippen LogP contribution in [0.1, 0.15) is 24.5 Å². The molecule has 0 amide bonds. The predicted octanol–water partition coefficient (Wildman–Crippen LogP) is 1.57. The van der Waals surface area contributed by atoms with E-state index in [9.17, 15) is 4.79 Å². The smallest absolute Gasteiger partial charge is 0.309 e. The van der Waals surface area contributed by atoms with Crippen molar-refractivity contribution in [2.45, 2.75) is 32.4 Å². The molecule has 110 valence electrons. The number of esters is 1. The number of carbonyl (C=O) groups excluding carboxylic acids is 1. The second kappa shape index (κ2) is 6.86. The molecule has 2 atom stereocenters. The van der Waals surface area contributed by atoms with Crippen molar-refractivity contribution in [3.05, 3.63) is 35.4 Å². The summed E-state index contributed by atoms with van der Waals surface area (Å²) in [5, 5.41) is 0. The molecule has 2 N–H and O–H groups in total. The summed E-state index contributed by atoms with van der Waals surface area (Å²) in [6.07, 6.45) is 1.43. The molecule has 0 aromatic heterocycles. The van der Waals surface area contributed by atoms with E-state index in [1.54, 1.807) is 0 Å². The van der Waals surface area contributed by atoms with E-state index in [0.717, 1.165) is 31.6 Å². The fourth-order valence-electron chi connectivity index (χ4n) is 2.99. The van der Waals surface area contributed by atoms with Gasteiger partial charge in [-0.15, -0.1) is 0 Å². The Morgan fingerprint density at radius 3 is 2.70 bits per heavy atom. The van der Waals surface area contributed by atoms with Gasteiger partial charge in [0.2, 0.25) is 0 Å². The van der Waals surface area contributed by atoms with Gasteiger partial charge in [-0.1, -0.05) is 31.2 Å². The molecule has 0 aliphatic carbocycles. The van der Waals surface area contributed by atoms with Gasteiger partial charge < -0.3 is 10.5 Å². The fraction of sp³-hybridized carbons (Fsp3) is 0.562. The fourth-order valence-corrected chi connectivity index (χ4v) is 2.99. The highest BCUT2D eigenvalue weighted by Crippen LogP contribution is 2.19. The van der Waals surface area contributed by atoms with Crippen LogP contribution in [-0.4, -0.2) is 37.1 Å². The number of methoxy groups -OCH3 is 1. The van der Waals surface area contributed by atoms with E-state index in [1.807, 2.05) is 18.2 Å². The minimum absolute atomic E-state index is 0.193. The molecular formula is C16H24N2O2. The van der Waals surface area contributed by atoms with Crippen LogP contribution >= 0.6 is 0 Å². The highest BCUT2D eigenvalue weighted by atomic mass is 16.5. The average molecular weight is 276 g/mol. The number of carbonyl (C=O) groups is 1. The van der Waals surface area contributed by atoms with Crippen molar-refractivity contribution in [2.75, 3.05) is 20.2 Å². The van der Waals surface area contributed by atoms with Gasteiger partial charge in [0.1, 0.15) is 0 Å². The minimum atomic E-state index is -0.193. The third-order valence-electron chi connectivity index (χ3n) is 3.84. The molecule has 1 aliphatic heterocycles. The van der Waals surface area contributed by atoms with Crippen LogP contribution in [0, 0.1) is 5.92 Å². The summed E-state index contributed by atoms with van der Waals surface area (Å²) in [6.45, 7) is 5.09. The lowest BCUT2D eigenvalue weighted by Crippen LogP contribution is -2.45. The van der Waals surface area contributed by atoms with Crippen LogP contribution in [0.4, 0.5) is 0 Å². The van der Waals surface area contributed by atoms with Crippen LogP contribution in [-0.2, 0) is 22.5 Å². The maximum absolute atomic E-state index is 11.5. The first-order valence-corrected chi connectivity index (χ1v) is 7.20. The Morgan fingerprint density at radius 2 is 2.05 bits per heavy atom. The summed E-state index contributed by atoms with van der Waals surface area (Å²) in [5.74, 6) is 0.438. The Morgan fingerprint density at radius 1 is 1.35 bits per heavy atom. The predicted molar refractivity (Wildman–Crippen MR) is 79.2 cm³/mol. The lowest BCUT2D eigenvalue weighted by atomic mass is 9.95. The van der Waals surface area contributed by atoms with Gasteiger partial charge >= 0.3 is 5.97 Å². The van der Waals surface area contributed by atoms with E-state index >= 15 is 0 Å². The van der Waals surface area contributed by atoms with Crippen LogP contribution < -0.4 is 5.73 Å².